The first-order chi connectivity index (χ1) is 8.95. The molecule has 19 heavy (non-hydrogen) atoms. The van der Waals surface area contributed by atoms with Crippen LogP contribution in [-0.2, 0) is 15.0 Å². The summed E-state index contributed by atoms with van der Waals surface area (Å²) in [6.07, 6.45) is 1.48. The number of hydrogen-bond donors (Lipinski definition) is 1. The van der Waals surface area contributed by atoms with Gasteiger partial charge in [-0.2, -0.15) is 8.42 Å². The average molecular weight is 299 g/mol. The summed E-state index contributed by atoms with van der Waals surface area (Å²) in [7, 11) is -2.54. The predicted molar refractivity (Wildman–Crippen MR) is 74.3 cm³/mol. The first-order valence-electron chi connectivity index (χ1n) is 5.58. The lowest BCUT2D eigenvalue weighted by Crippen LogP contribution is -2.38. The van der Waals surface area contributed by atoms with Crippen LogP contribution in [0.15, 0.2) is 33.7 Å². The Morgan fingerprint density at radius 3 is 2.84 bits per heavy atom. The number of amides is 1. The maximum absolute atomic E-state index is 11.9. The fourth-order valence-corrected chi connectivity index (χ4v) is 3.21. The van der Waals surface area contributed by atoms with Gasteiger partial charge < -0.3 is 5.32 Å². The second kappa shape index (κ2) is 5.14. The molecule has 2 heterocycles. The number of carbonyl (C=O) groups is 1. The molecule has 1 N–H and O–H groups in total. The van der Waals surface area contributed by atoms with Crippen LogP contribution in [0.4, 0.5) is 0 Å². The molecule has 0 atom stereocenters. The zero-order valence-electron chi connectivity index (χ0n) is 10.5. The highest BCUT2D eigenvalue weighted by atomic mass is 32.2. The third-order valence-electron chi connectivity index (χ3n) is 2.52. The molecule has 0 saturated carbocycles. The van der Waals surface area contributed by atoms with E-state index in [1.807, 2.05) is 5.38 Å². The van der Waals surface area contributed by atoms with Crippen molar-refractivity contribution >= 4 is 33.2 Å². The average Bonchev–Trinajstić information content (AvgIpc) is 2.86. The van der Waals surface area contributed by atoms with Crippen molar-refractivity contribution in [2.24, 2.45) is 4.40 Å². The van der Waals surface area contributed by atoms with E-state index in [9.17, 15) is 13.2 Å². The van der Waals surface area contributed by atoms with Crippen molar-refractivity contribution < 1.29 is 13.2 Å². The minimum absolute atomic E-state index is 0.0697. The van der Waals surface area contributed by atoms with Gasteiger partial charge in [-0.3, -0.25) is 4.79 Å². The second-order valence-electron chi connectivity index (χ2n) is 3.79. The number of rotatable bonds is 3. The number of allylic oxidation sites excluding steroid dienone is 1. The molecule has 0 saturated heterocycles. The van der Waals surface area contributed by atoms with Gasteiger partial charge in [0.25, 0.3) is 5.91 Å². The van der Waals surface area contributed by atoms with Gasteiger partial charge in [0.05, 0.1) is 10.6 Å². The van der Waals surface area contributed by atoms with Gasteiger partial charge in [0, 0.05) is 13.6 Å². The van der Waals surface area contributed by atoms with Crippen molar-refractivity contribution in [3.63, 3.8) is 0 Å². The number of hydrogen-bond acceptors (Lipinski definition) is 4. The molecule has 1 aromatic rings. The number of likely N-dealkylation sites (N-methyl/N-ethyl adjacent to an activating group) is 2. The maximum atomic E-state index is 11.9. The summed E-state index contributed by atoms with van der Waals surface area (Å²) < 4.78 is 28.4. The van der Waals surface area contributed by atoms with Gasteiger partial charge in [-0.15, -0.1) is 15.7 Å². The Bertz CT molecular complexity index is 645. The zero-order chi connectivity index (χ0) is 14.0. The molecule has 6 nitrogen and oxygen atoms in total. The topological polar surface area (TPSA) is 78.8 Å². The fraction of sp³-hybridized carbons (Fsp3) is 0.273. The minimum atomic E-state index is -3.85. The lowest BCUT2D eigenvalue weighted by atomic mass is 10.2. The van der Waals surface area contributed by atoms with Crippen LogP contribution < -0.4 is 5.32 Å². The largest absolute Gasteiger partial charge is 0.351 e. The first kappa shape index (κ1) is 13.8. The molecular weight excluding hydrogens is 286 g/mol. The van der Waals surface area contributed by atoms with Gasteiger partial charge >= 0.3 is 10.2 Å². The molecule has 0 radical (unpaired) electrons. The molecule has 102 valence electrons. The first-order valence-corrected chi connectivity index (χ1v) is 7.86. The van der Waals surface area contributed by atoms with Crippen LogP contribution in [0.5, 0.6) is 0 Å². The van der Waals surface area contributed by atoms with Crippen molar-refractivity contribution in [2.75, 3.05) is 13.6 Å². The van der Waals surface area contributed by atoms with Gasteiger partial charge in [0.15, 0.2) is 0 Å². The Morgan fingerprint density at radius 2 is 2.26 bits per heavy atom. The Kier molecular flexibility index (Phi) is 3.72. The smallest absolute Gasteiger partial charge is 0.345 e. The van der Waals surface area contributed by atoms with Crippen molar-refractivity contribution in [1.82, 2.24) is 9.62 Å². The summed E-state index contributed by atoms with van der Waals surface area (Å²) in [6, 6.07) is 3.56. The quantitative estimate of drug-likeness (QED) is 0.894. The number of thiophene rings is 1. The Balaban J connectivity index is 2.48. The van der Waals surface area contributed by atoms with Crippen LogP contribution in [0.2, 0.25) is 0 Å². The summed E-state index contributed by atoms with van der Waals surface area (Å²) in [5.41, 5.74) is 0.356. The van der Waals surface area contributed by atoms with Crippen molar-refractivity contribution in [3.05, 3.63) is 34.2 Å². The van der Waals surface area contributed by atoms with Crippen LogP contribution >= 0.6 is 11.3 Å². The molecule has 1 amide bonds. The van der Waals surface area contributed by atoms with E-state index in [2.05, 4.69) is 9.71 Å². The summed E-state index contributed by atoms with van der Waals surface area (Å²) in [5, 5.41) is 4.41. The Labute approximate surface area is 115 Å². The zero-order valence-corrected chi connectivity index (χ0v) is 12.1. The molecule has 1 aliphatic heterocycles. The molecular formula is C11H13N3O3S2. The third kappa shape index (κ3) is 2.69. The predicted octanol–water partition coefficient (Wildman–Crippen LogP) is 0.747. The molecule has 1 aromatic heterocycles. The SMILES string of the molecule is CCNC(=O)C1=CC(c2cccs2)=NS(=O)(=O)N1C. The summed E-state index contributed by atoms with van der Waals surface area (Å²) in [6.45, 7) is 2.19. The lowest BCUT2D eigenvalue weighted by molar-refractivity contribution is -0.118. The summed E-state index contributed by atoms with van der Waals surface area (Å²) in [4.78, 5) is 12.6. The standard InChI is InChI=1S/C11H13N3O3S2/c1-3-12-11(15)9-7-8(10-5-4-6-18-10)13-19(16,17)14(9)2/h4-7H,3H2,1-2H3,(H,12,15). The maximum Gasteiger partial charge on any atom is 0.345 e. The van der Waals surface area contributed by atoms with E-state index in [0.717, 1.165) is 4.31 Å². The molecule has 0 spiro atoms. The van der Waals surface area contributed by atoms with Crippen LogP contribution in [0.3, 0.4) is 0 Å². The van der Waals surface area contributed by atoms with Gasteiger partial charge in [-0.05, 0) is 24.4 Å². The van der Waals surface area contributed by atoms with Gasteiger partial charge in [-0.1, -0.05) is 6.07 Å². The number of nitrogens with one attached hydrogen (secondary N) is 1. The third-order valence-corrected chi connectivity index (χ3v) is 4.72. The molecule has 0 fully saturated rings. The summed E-state index contributed by atoms with van der Waals surface area (Å²) in [5.74, 6) is -0.433. The van der Waals surface area contributed by atoms with Crippen LogP contribution in [0, 0.1) is 0 Å². The fourth-order valence-electron chi connectivity index (χ4n) is 1.56. The van der Waals surface area contributed by atoms with Crippen LogP contribution in [-0.4, -0.2) is 37.9 Å². The summed E-state index contributed by atoms with van der Waals surface area (Å²) >= 11 is 1.37. The van der Waals surface area contributed by atoms with Crippen molar-refractivity contribution in [2.45, 2.75) is 6.92 Å². The highest BCUT2D eigenvalue weighted by Gasteiger charge is 2.29. The molecule has 0 aliphatic carbocycles. The van der Waals surface area contributed by atoms with Crippen molar-refractivity contribution in [3.8, 4) is 0 Å². The normalized spacial score (nSPS) is 17.7. The second-order valence-corrected chi connectivity index (χ2v) is 6.36. The highest BCUT2D eigenvalue weighted by molar-refractivity contribution is 7.88. The Morgan fingerprint density at radius 1 is 1.53 bits per heavy atom. The molecule has 0 aromatic carbocycles. The number of carbonyl (C=O) groups excluding carboxylic acids is 1. The van der Waals surface area contributed by atoms with E-state index in [0.29, 0.717) is 11.4 Å². The molecule has 8 heteroatoms. The van der Waals surface area contributed by atoms with E-state index in [1.54, 1.807) is 19.1 Å². The number of nitrogens with zero attached hydrogens (tertiary/aromatic N) is 2. The van der Waals surface area contributed by atoms with Crippen LogP contribution in [0.25, 0.3) is 0 Å². The van der Waals surface area contributed by atoms with E-state index >= 15 is 0 Å². The van der Waals surface area contributed by atoms with E-state index < -0.39 is 16.1 Å². The van der Waals surface area contributed by atoms with Gasteiger partial charge in [0.1, 0.15) is 5.70 Å². The van der Waals surface area contributed by atoms with Gasteiger partial charge in [0.2, 0.25) is 0 Å². The van der Waals surface area contributed by atoms with E-state index in [1.165, 1.54) is 24.5 Å². The molecule has 1 aliphatic rings. The van der Waals surface area contributed by atoms with E-state index in [-0.39, 0.29) is 11.4 Å². The monoisotopic (exact) mass is 299 g/mol. The van der Waals surface area contributed by atoms with Crippen molar-refractivity contribution in [1.29, 1.82) is 0 Å². The molecule has 2 rings (SSSR count). The molecule has 0 unspecified atom stereocenters. The molecule has 0 bridgehead atoms. The lowest BCUT2D eigenvalue weighted by Gasteiger charge is -2.23. The minimum Gasteiger partial charge on any atom is -0.351 e. The highest BCUT2D eigenvalue weighted by Crippen LogP contribution is 2.21. The van der Waals surface area contributed by atoms with Gasteiger partial charge in [-0.25, -0.2) is 4.31 Å². The van der Waals surface area contributed by atoms with E-state index in [4.69, 9.17) is 0 Å². The van der Waals surface area contributed by atoms with Crippen LogP contribution in [0.1, 0.15) is 11.8 Å². The Hall–Kier alpha value is -1.67.